The maximum absolute atomic E-state index is 11.7. The predicted molar refractivity (Wildman–Crippen MR) is 75.1 cm³/mol. The van der Waals surface area contributed by atoms with Crippen LogP contribution in [0.1, 0.15) is 18.9 Å². The Hall–Kier alpha value is -2.39. The number of benzene rings is 1. The molecule has 2 atom stereocenters. The average molecular weight is 290 g/mol. The summed E-state index contributed by atoms with van der Waals surface area (Å²) >= 11 is 0. The molecule has 0 aliphatic rings. The second kappa shape index (κ2) is 8.72. The van der Waals surface area contributed by atoms with Crippen molar-refractivity contribution in [2.24, 2.45) is 5.92 Å². The zero-order chi connectivity index (χ0) is 15.7. The number of rotatable bonds is 8. The van der Waals surface area contributed by atoms with Crippen molar-refractivity contribution in [3.63, 3.8) is 0 Å². The number of carbonyl (C=O) groups excluding carboxylic acids is 1. The molecule has 0 saturated heterocycles. The van der Waals surface area contributed by atoms with Crippen LogP contribution < -0.4 is 5.32 Å². The minimum atomic E-state index is -1.16. The van der Waals surface area contributed by atoms with Crippen molar-refractivity contribution in [1.29, 1.82) is 5.26 Å². The van der Waals surface area contributed by atoms with Crippen molar-refractivity contribution in [1.82, 2.24) is 5.32 Å². The Morgan fingerprint density at radius 2 is 2.05 bits per heavy atom. The minimum Gasteiger partial charge on any atom is -0.480 e. The van der Waals surface area contributed by atoms with Gasteiger partial charge in [0.2, 0.25) is 5.91 Å². The third-order valence-electron chi connectivity index (χ3n) is 2.91. The molecule has 1 aromatic carbocycles. The van der Waals surface area contributed by atoms with Crippen molar-refractivity contribution in [3.05, 3.63) is 35.9 Å². The van der Waals surface area contributed by atoms with Crippen LogP contribution in [0, 0.1) is 17.2 Å². The smallest absolute Gasteiger partial charge is 0.326 e. The number of hydrogen-bond donors (Lipinski definition) is 2. The lowest BCUT2D eigenvalue weighted by Crippen LogP contribution is -2.46. The summed E-state index contributed by atoms with van der Waals surface area (Å²) in [6, 6.07) is 10.2. The molecule has 0 saturated carbocycles. The molecule has 0 spiro atoms. The van der Waals surface area contributed by atoms with Crippen molar-refractivity contribution in [2.45, 2.75) is 26.0 Å². The lowest BCUT2D eigenvalue weighted by Gasteiger charge is -2.19. The Kier molecular flexibility index (Phi) is 6.92. The molecule has 112 valence electrons. The first kappa shape index (κ1) is 16.7. The first-order valence-electron chi connectivity index (χ1n) is 6.55. The van der Waals surface area contributed by atoms with Gasteiger partial charge in [-0.1, -0.05) is 37.3 Å². The lowest BCUT2D eigenvalue weighted by molar-refractivity contribution is -0.144. The van der Waals surface area contributed by atoms with Gasteiger partial charge in [-0.2, -0.15) is 5.26 Å². The van der Waals surface area contributed by atoms with Gasteiger partial charge in [-0.3, -0.25) is 4.79 Å². The number of amides is 1. The molecule has 0 radical (unpaired) electrons. The van der Waals surface area contributed by atoms with Crippen LogP contribution >= 0.6 is 0 Å². The van der Waals surface area contributed by atoms with Crippen LogP contribution in [0.2, 0.25) is 0 Å². The molecule has 6 heteroatoms. The Balaban J connectivity index is 2.40. The van der Waals surface area contributed by atoms with Gasteiger partial charge in [0.15, 0.2) is 0 Å². The molecule has 0 aromatic heterocycles. The van der Waals surface area contributed by atoms with Gasteiger partial charge in [0.25, 0.3) is 0 Å². The number of carbonyl (C=O) groups is 2. The van der Waals surface area contributed by atoms with Gasteiger partial charge in [0.05, 0.1) is 12.7 Å². The van der Waals surface area contributed by atoms with E-state index in [9.17, 15) is 9.59 Å². The van der Waals surface area contributed by atoms with E-state index < -0.39 is 23.8 Å². The van der Waals surface area contributed by atoms with E-state index in [1.165, 1.54) is 0 Å². The Labute approximate surface area is 123 Å². The highest BCUT2D eigenvalue weighted by molar-refractivity contribution is 5.84. The van der Waals surface area contributed by atoms with Gasteiger partial charge in [0, 0.05) is 12.3 Å². The quantitative estimate of drug-likeness (QED) is 0.752. The monoisotopic (exact) mass is 290 g/mol. The van der Waals surface area contributed by atoms with Crippen LogP contribution in [0.4, 0.5) is 0 Å². The van der Waals surface area contributed by atoms with Gasteiger partial charge >= 0.3 is 5.97 Å². The number of carboxylic acid groups (broad SMARTS) is 1. The van der Waals surface area contributed by atoms with Crippen LogP contribution in [0.25, 0.3) is 0 Å². The second-order valence-corrected chi connectivity index (χ2v) is 4.70. The molecule has 1 aromatic rings. The third-order valence-corrected chi connectivity index (χ3v) is 2.91. The first-order chi connectivity index (χ1) is 10.0. The molecule has 0 heterocycles. The molecule has 21 heavy (non-hydrogen) atoms. The number of aliphatic carboxylic acids is 1. The zero-order valence-corrected chi connectivity index (χ0v) is 11.8. The van der Waals surface area contributed by atoms with Crippen molar-refractivity contribution < 1.29 is 19.4 Å². The highest BCUT2D eigenvalue weighted by Crippen LogP contribution is 2.08. The van der Waals surface area contributed by atoms with Crippen molar-refractivity contribution in [2.75, 3.05) is 6.61 Å². The number of nitrogens with one attached hydrogen (secondary N) is 1. The normalized spacial score (nSPS) is 13.0. The Morgan fingerprint density at radius 3 is 2.62 bits per heavy atom. The molecule has 0 aliphatic carbocycles. The standard InChI is InChI=1S/C15H18N2O4/c1-11(7-8-16)14(15(19)20)17-13(18)10-21-9-12-5-3-2-4-6-12/h2-6,11,14H,7,9-10H2,1H3,(H,17,18)(H,19,20)/t11-,14-/m1/s1. The zero-order valence-electron chi connectivity index (χ0n) is 11.8. The number of carboxylic acids is 1. The summed E-state index contributed by atoms with van der Waals surface area (Å²) in [5.41, 5.74) is 0.929. The maximum Gasteiger partial charge on any atom is 0.326 e. The number of hydrogen-bond acceptors (Lipinski definition) is 4. The second-order valence-electron chi connectivity index (χ2n) is 4.70. The molecule has 0 unspecified atom stereocenters. The molecule has 1 rings (SSSR count). The SMILES string of the molecule is C[C@H](CC#N)[C@@H](NC(=O)COCc1ccccc1)C(=O)O. The summed E-state index contributed by atoms with van der Waals surface area (Å²) < 4.78 is 5.23. The fourth-order valence-corrected chi connectivity index (χ4v) is 1.76. The van der Waals surface area contributed by atoms with Gasteiger partial charge < -0.3 is 15.2 Å². The van der Waals surface area contributed by atoms with E-state index in [-0.39, 0.29) is 19.6 Å². The van der Waals surface area contributed by atoms with Gasteiger partial charge in [0.1, 0.15) is 12.6 Å². The molecule has 2 N–H and O–H groups in total. The van der Waals surface area contributed by atoms with Crippen molar-refractivity contribution >= 4 is 11.9 Å². The molecule has 0 aliphatic heterocycles. The maximum atomic E-state index is 11.7. The Bertz CT molecular complexity index is 510. The predicted octanol–water partition coefficient (Wildman–Crippen LogP) is 1.32. The van der Waals surface area contributed by atoms with E-state index in [0.29, 0.717) is 0 Å². The van der Waals surface area contributed by atoms with E-state index >= 15 is 0 Å². The fraction of sp³-hybridized carbons (Fsp3) is 0.400. The van der Waals surface area contributed by atoms with E-state index in [0.717, 1.165) is 5.56 Å². The summed E-state index contributed by atoms with van der Waals surface area (Å²) in [5, 5.41) is 20.0. The van der Waals surface area contributed by atoms with Crippen LogP contribution in [-0.4, -0.2) is 29.6 Å². The highest BCUT2D eigenvalue weighted by Gasteiger charge is 2.26. The van der Waals surface area contributed by atoms with Crippen molar-refractivity contribution in [3.8, 4) is 6.07 Å². The highest BCUT2D eigenvalue weighted by atomic mass is 16.5. The summed E-state index contributed by atoms with van der Waals surface area (Å²) in [4.78, 5) is 22.8. The van der Waals surface area contributed by atoms with E-state index in [2.05, 4.69) is 5.32 Å². The first-order valence-corrected chi connectivity index (χ1v) is 6.55. The van der Waals surface area contributed by atoms with Gasteiger partial charge in [-0.25, -0.2) is 4.79 Å². The minimum absolute atomic E-state index is 0.0577. The molecule has 0 fully saturated rings. The summed E-state index contributed by atoms with van der Waals surface area (Å²) in [7, 11) is 0. The van der Waals surface area contributed by atoms with E-state index in [4.69, 9.17) is 15.1 Å². The lowest BCUT2D eigenvalue weighted by atomic mass is 9.99. The fourth-order valence-electron chi connectivity index (χ4n) is 1.76. The third kappa shape index (κ3) is 6.06. The largest absolute Gasteiger partial charge is 0.480 e. The van der Waals surface area contributed by atoms with Gasteiger partial charge in [-0.05, 0) is 5.56 Å². The Morgan fingerprint density at radius 1 is 1.38 bits per heavy atom. The van der Waals surface area contributed by atoms with Crippen LogP contribution in [0.15, 0.2) is 30.3 Å². The van der Waals surface area contributed by atoms with Crippen LogP contribution in [-0.2, 0) is 20.9 Å². The number of nitrogens with zero attached hydrogens (tertiary/aromatic N) is 1. The molecular formula is C15H18N2O4. The molecule has 0 bridgehead atoms. The molecule has 1 amide bonds. The summed E-state index contributed by atoms with van der Waals surface area (Å²) in [6.45, 7) is 1.66. The van der Waals surface area contributed by atoms with E-state index in [1.54, 1.807) is 6.92 Å². The number of ether oxygens (including phenoxy) is 1. The van der Waals surface area contributed by atoms with E-state index in [1.807, 2.05) is 36.4 Å². The van der Waals surface area contributed by atoms with Gasteiger partial charge in [-0.15, -0.1) is 0 Å². The number of nitriles is 1. The molecular weight excluding hydrogens is 272 g/mol. The summed E-state index contributed by atoms with van der Waals surface area (Å²) in [5.74, 6) is -2.14. The van der Waals surface area contributed by atoms with Crippen LogP contribution in [0.5, 0.6) is 0 Å². The summed E-state index contributed by atoms with van der Waals surface area (Å²) in [6.07, 6.45) is 0.0577. The average Bonchev–Trinajstić information content (AvgIpc) is 2.45. The molecule has 6 nitrogen and oxygen atoms in total. The topological polar surface area (TPSA) is 99.4 Å². The van der Waals surface area contributed by atoms with Crippen LogP contribution in [0.3, 0.4) is 0 Å².